The molecular weight excluding hydrogens is 385 g/mol. The maximum atomic E-state index is 12.7. The molecule has 0 aromatic heterocycles. The van der Waals surface area contributed by atoms with E-state index in [0.717, 1.165) is 6.07 Å². The standard InChI is InChI=1S/C13H6F9N3O/c14-11(15,16)5-1-6(12(17,18)19)3-7(2-5)25-10(26)8(4-23)9(24)13(20,21)22/h1-3H,24H2,(H,25,26)/b9-8-. The lowest BCUT2D eigenvalue weighted by Gasteiger charge is -2.15. The molecule has 13 heteroatoms. The number of hydrogen-bond acceptors (Lipinski definition) is 3. The Labute approximate surface area is 138 Å². The van der Waals surface area contributed by atoms with Crippen LogP contribution in [-0.4, -0.2) is 12.1 Å². The van der Waals surface area contributed by atoms with Gasteiger partial charge < -0.3 is 11.1 Å². The van der Waals surface area contributed by atoms with Crippen LogP contribution in [-0.2, 0) is 17.1 Å². The van der Waals surface area contributed by atoms with Crippen molar-refractivity contribution in [2.24, 2.45) is 5.73 Å². The zero-order chi connectivity index (χ0) is 20.5. The summed E-state index contributed by atoms with van der Waals surface area (Å²) in [4.78, 5) is 11.6. The number of halogens is 9. The van der Waals surface area contributed by atoms with Gasteiger partial charge in [-0.3, -0.25) is 4.79 Å². The van der Waals surface area contributed by atoms with Crippen molar-refractivity contribution in [3.63, 3.8) is 0 Å². The van der Waals surface area contributed by atoms with Crippen LogP contribution < -0.4 is 11.1 Å². The van der Waals surface area contributed by atoms with Crippen molar-refractivity contribution in [2.45, 2.75) is 18.5 Å². The Morgan fingerprint density at radius 3 is 1.65 bits per heavy atom. The number of nitrogens with zero attached hydrogens (tertiary/aromatic N) is 1. The number of carbonyl (C=O) groups excluding carboxylic acids is 1. The van der Waals surface area contributed by atoms with Crippen molar-refractivity contribution in [3.8, 4) is 6.07 Å². The molecule has 4 nitrogen and oxygen atoms in total. The highest BCUT2D eigenvalue weighted by atomic mass is 19.4. The minimum absolute atomic E-state index is 0.0614. The number of anilines is 1. The lowest BCUT2D eigenvalue weighted by Crippen LogP contribution is -2.27. The van der Waals surface area contributed by atoms with Gasteiger partial charge in [0.25, 0.3) is 5.91 Å². The molecule has 0 radical (unpaired) electrons. The summed E-state index contributed by atoms with van der Waals surface area (Å²) in [5, 5.41) is 9.94. The molecule has 0 atom stereocenters. The normalized spacial score (nSPS) is 13.7. The van der Waals surface area contributed by atoms with Crippen molar-refractivity contribution in [2.75, 3.05) is 5.32 Å². The molecule has 3 N–H and O–H groups in total. The minimum Gasteiger partial charge on any atom is -0.393 e. The number of allylic oxidation sites excluding steroid dienone is 1. The summed E-state index contributed by atoms with van der Waals surface area (Å²) in [6.07, 6.45) is -15.8. The summed E-state index contributed by atoms with van der Waals surface area (Å²) in [5.41, 5.74) is -4.05. The summed E-state index contributed by atoms with van der Waals surface area (Å²) < 4.78 is 113. The van der Waals surface area contributed by atoms with Crippen molar-refractivity contribution >= 4 is 11.6 Å². The fraction of sp³-hybridized carbons (Fsp3) is 0.231. The largest absolute Gasteiger partial charge is 0.432 e. The molecule has 0 saturated heterocycles. The quantitative estimate of drug-likeness (QED) is 0.455. The van der Waals surface area contributed by atoms with Gasteiger partial charge in [0.1, 0.15) is 17.3 Å². The fourth-order valence-corrected chi connectivity index (χ4v) is 1.60. The van der Waals surface area contributed by atoms with E-state index in [-0.39, 0.29) is 18.2 Å². The molecule has 0 fully saturated rings. The lowest BCUT2D eigenvalue weighted by molar-refractivity contribution is -0.143. The Balaban J connectivity index is 3.41. The van der Waals surface area contributed by atoms with E-state index < -0.39 is 52.5 Å². The van der Waals surface area contributed by atoms with Gasteiger partial charge in [-0.05, 0) is 18.2 Å². The lowest BCUT2D eigenvalue weighted by atomic mass is 10.1. The minimum atomic E-state index is -5.31. The Morgan fingerprint density at radius 1 is 0.923 bits per heavy atom. The van der Waals surface area contributed by atoms with Crippen LogP contribution in [0.15, 0.2) is 29.5 Å². The first-order valence-corrected chi connectivity index (χ1v) is 6.15. The van der Waals surface area contributed by atoms with Crippen LogP contribution in [0.2, 0.25) is 0 Å². The molecule has 1 rings (SSSR count). The maximum absolute atomic E-state index is 12.7. The van der Waals surface area contributed by atoms with Crippen LogP contribution in [0.3, 0.4) is 0 Å². The number of alkyl halides is 9. The van der Waals surface area contributed by atoms with Gasteiger partial charge in [0.15, 0.2) is 0 Å². The highest BCUT2D eigenvalue weighted by Crippen LogP contribution is 2.37. The number of nitrogens with one attached hydrogen (secondary N) is 1. The summed E-state index contributed by atoms with van der Waals surface area (Å²) >= 11 is 0. The van der Waals surface area contributed by atoms with Crippen molar-refractivity contribution in [1.82, 2.24) is 0 Å². The second-order valence-corrected chi connectivity index (χ2v) is 4.65. The van der Waals surface area contributed by atoms with Gasteiger partial charge in [0.2, 0.25) is 0 Å². The summed E-state index contributed by atoms with van der Waals surface area (Å²) in [6, 6.07) is 0.670. The van der Waals surface area contributed by atoms with E-state index in [4.69, 9.17) is 5.26 Å². The molecule has 0 unspecified atom stereocenters. The molecule has 0 bridgehead atoms. The van der Waals surface area contributed by atoms with Crippen LogP contribution >= 0.6 is 0 Å². The average Bonchev–Trinajstić information content (AvgIpc) is 2.44. The number of nitriles is 1. The van der Waals surface area contributed by atoms with Crippen LogP contribution in [0.5, 0.6) is 0 Å². The van der Waals surface area contributed by atoms with E-state index in [1.807, 2.05) is 0 Å². The third-order valence-electron chi connectivity index (χ3n) is 2.76. The SMILES string of the molecule is N#C/C(C(=O)Nc1cc(C(F)(F)F)cc(C(F)(F)F)c1)=C(/N)C(F)(F)F. The molecule has 142 valence electrons. The first kappa shape index (κ1) is 21.1. The van der Waals surface area contributed by atoms with Crippen molar-refractivity contribution in [3.05, 3.63) is 40.6 Å². The molecule has 1 amide bonds. The van der Waals surface area contributed by atoms with Crippen LogP contribution in [0.25, 0.3) is 0 Å². The monoisotopic (exact) mass is 391 g/mol. The number of rotatable bonds is 2. The maximum Gasteiger partial charge on any atom is 0.432 e. The van der Waals surface area contributed by atoms with E-state index in [0.29, 0.717) is 0 Å². The summed E-state index contributed by atoms with van der Waals surface area (Å²) in [7, 11) is 0. The van der Waals surface area contributed by atoms with E-state index >= 15 is 0 Å². The first-order valence-electron chi connectivity index (χ1n) is 6.15. The molecule has 1 aromatic carbocycles. The average molecular weight is 391 g/mol. The molecule has 1 aromatic rings. The van der Waals surface area contributed by atoms with Crippen LogP contribution in [0, 0.1) is 11.3 Å². The Morgan fingerprint density at radius 2 is 1.35 bits per heavy atom. The molecular formula is C13H6F9N3O. The van der Waals surface area contributed by atoms with Crippen LogP contribution in [0.1, 0.15) is 11.1 Å². The van der Waals surface area contributed by atoms with Gasteiger partial charge in [-0.25, -0.2) is 0 Å². The number of amides is 1. The highest BCUT2D eigenvalue weighted by Gasteiger charge is 2.38. The number of nitrogens with two attached hydrogens (primary N) is 1. The predicted octanol–water partition coefficient (Wildman–Crippen LogP) is 3.96. The van der Waals surface area contributed by atoms with Gasteiger partial charge >= 0.3 is 18.5 Å². The van der Waals surface area contributed by atoms with Gasteiger partial charge in [0, 0.05) is 5.69 Å². The van der Waals surface area contributed by atoms with E-state index in [1.165, 1.54) is 5.32 Å². The van der Waals surface area contributed by atoms with E-state index in [9.17, 15) is 44.3 Å². The first-order chi connectivity index (χ1) is 11.6. The fourth-order valence-electron chi connectivity index (χ4n) is 1.60. The van der Waals surface area contributed by atoms with Crippen LogP contribution in [0.4, 0.5) is 45.2 Å². The van der Waals surface area contributed by atoms with Gasteiger partial charge in [-0.2, -0.15) is 44.8 Å². The third kappa shape index (κ3) is 5.04. The molecule has 0 spiro atoms. The summed E-state index contributed by atoms with van der Waals surface area (Å²) in [5.74, 6) is -1.92. The molecule has 0 heterocycles. The zero-order valence-corrected chi connectivity index (χ0v) is 12.1. The van der Waals surface area contributed by atoms with E-state index in [1.54, 1.807) is 0 Å². The predicted molar refractivity (Wildman–Crippen MR) is 68.0 cm³/mol. The second kappa shape index (κ2) is 6.77. The van der Waals surface area contributed by atoms with Gasteiger partial charge in [0.05, 0.1) is 11.1 Å². The third-order valence-corrected chi connectivity index (χ3v) is 2.76. The Kier molecular flexibility index (Phi) is 5.50. The van der Waals surface area contributed by atoms with Crippen molar-refractivity contribution in [1.29, 1.82) is 5.26 Å². The molecule has 0 saturated carbocycles. The number of carbonyl (C=O) groups is 1. The highest BCUT2D eigenvalue weighted by molar-refractivity contribution is 6.07. The second-order valence-electron chi connectivity index (χ2n) is 4.65. The van der Waals surface area contributed by atoms with E-state index in [2.05, 4.69) is 5.73 Å². The summed E-state index contributed by atoms with van der Waals surface area (Å²) in [6.45, 7) is 0. The Hall–Kier alpha value is -2.91. The van der Waals surface area contributed by atoms with Crippen molar-refractivity contribution < 1.29 is 44.3 Å². The Bertz CT molecular complexity index is 750. The zero-order valence-electron chi connectivity index (χ0n) is 12.1. The number of hydrogen-bond donors (Lipinski definition) is 2. The topological polar surface area (TPSA) is 78.9 Å². The smallest absolute Gasteiger partial charge is 0.393 e. The molecule has 26 heavy (non-hydrogen) atoms. The molecule has 0 aliphatic rings. The number of benzene rings is 1. The molecule has 0 aliphatic heterocycles. The molecule has 0 aliphatic carbocycles. The van der Waals surface area contributed by atoms with Gasteiger partial charge in [-0.1, -0.05) is 0 Å². The van der Waals surface area contributed by atoms with Gasteiger partial charge in [-0.15, -0.1) is 0 Å².